The van der Waals surface area contributed by atoms with Crippen molar-refractivity contribution in [3.63, 3.8) is 0 Å². The van der Waals surface area contributed by atoms with Crippen molar-refractivity contribution >= 4 is 48.6 Å². The first-order valence-electron chi connectivity index (χ1n) is 6.11. The Morgan fingerprint density at radius 2 is 1.80 bits per heavy atom. The first-order valence-corrected chi connectivity index (χ1v) is 7.70. The van der Waals surface area contributed by atoms with Gasteiger partial charge >= 0.3 is 0 Å². The predicted octanol–water partition coefficient (Wildman–Crippen LogP) is 4.77. The van der Waals surface area contributed by atoms with Crippen molar-refractivity contribution in [2.75, 3.05) is 5.32 Å². The molecule has 0 unspecified atom stereocenters. The van der Waals surface area contributed by atoms with Gasteiger partial charge in [0, 0.05) is 20.9 Å². The van der Waals surface area contributed by atoms with Crippen LogP contribution in [0.15, 0.2) is 57.7 Å². The van der Waals surface area contributed by atoms with E-state index in [1.165, 1.54) is 5.56 Å². The Balaban J connectivity index is 1.95. The van der Waals surface area contributed by atoms with Gasteiger partial charge in [-0.25, -0.2) is 9.97 Å². The Kier molecular flexibility index (Phi) is 3.98. The molecule has 1 aromatic heterocycles. The minimum atomic E-state index is 0.733. The maximum atomic E-state index is 4.34. The maximum absolute atomic E-state index is 4.34. The van der Waals surface area contributed by atoms with Crippen LogP contribution < -0.4 is 5.32 Å². The van der Waals surface area contributed by atoms with E-state index in [0.717, 1.165) is 32.2 Å². The van der Waals surface area contributed by atoms with Crippen molar-refractivity contribution in [1.29, 1.82) is 0 Å². The normalized spacial score (nSPS) is 10.7. The standard InChI is InChI=1S/C15H11Br2N3/c16-11-6-12-14(13(17)7-11)19-9-20-15(12)18-8-10-4-2-1-3-5-10/h1-7,9H,8H2,(H,18,19,20). The molecule has 20 heavy (non-hydrogen) atoms. The van der Waals surface area contributed by atoms with Crippen molar-refractivity contribution in [3.8, 4) is 0 Å². The third-order valence-corrected chi connectivity index (χ3v) is 4.02. The Hall–Kier alpha value is -1.46. The molecule has 0 aliphatic rings. The number of rotatable bonds is 3. The molecule has 0 spiro atoms. The fourth-order valence-corrected chi connectivity index (χ4v) is 3.34. The van der Waals surface area contributed by atoms with Gasteiger partial charge in [0.15, 0.2) is 0 Å². The molecule has 0 saturated heterocycles. The summed E-state index contributed by atoms with van der Waals surface area (Å²) in [7, 11) is 0. The number of anilines is 1. The van der Waals surface area contributed by atoms with Gasteiger partial charge in [-0.1, -0.05) is 46.3 Å². The maximum Gasteiger partial charge on any atom is 0.137 e. The topological polar surface area (TPSA) is 37.8 Å². The zero-order valence-corrected chi connectivity index (χ0v) is 13.6. The van der Waals surface area contributed by atoms with E-state index in [1.54, 1.807) is 6.33 Å². The number of fused-ring (bicyclic) bond motifs is 1. The molecule has 0 fully saturated rings. The van der Waals surface area contributed by atoms with Crippen LogP contribution in [0.25, 0.3) is 10.9 Å². The molecule has 0 aliphatic carbocycles. The van der Waals surface area contributed by atoms with Crippen LogP contribution >= 0.6 is 31.9 Å². The highest BCUT2D eigenvalue weighted by molar-refractivity contribution is 9.11. The van der Waals surface area contributed by atoms with Crippen molar-refractivity contribution in [2.45, 2.75) is 6.54 Å². The summed E-state index contributed by atoms with van der Waals surface area (Å²) in [6, 6.07) is 14.2. The molecule has 2 aromatic carbocycles. The fraction of sp³-hybridized carbons (Fsp3) is 0.0667. The van der Waals surface area contributed by atoms with E-state index in [2.05, 4.69) is 59.3 Å². The van der Waals surface area contributed by atoms with Gasteiger partial charge in [-0.2, -0.15) is 0 Å². The summed E-state index contributed by atoms with van der Waals surface area (Å²) < 4.78 is 1.95. The SMILES string of the molecule is Brc1cc(Br)c2ncnc(NCc3ccccc3)c2c1. The molecule has 0 amide bonds. The Bertz CT molecular complexity index is 745. The average Bonchev–Trinajstić information content (AvgIpc) is 2.46. The van der Waals surface area contributed by atoms with Crippen LogP contribution in [0.3, 0.4) is 0 Å². The lowest BCUT2D eigenvalue weighted by Gasteiger charge is -2.09. The van der Waals surface area contributed by atoms with Crippen molar-refractivity contribution in [1.82, 2.24) is 9.97 Å². The molecule has 1 heterocycles. The second kappa shape index (κ2) is 5.89. The minimum Gasteiger partial charge on any atom is -0.365 e. The molecule has 3 rings (SSSR count). The smallest absolute Gasteiger partial charge is 0.137 e. The van der Waals surface area contributed by atoms with E-state index in [4.69, 9.17) is 0 Å². The van der Waals surface area contributed by atoms with E-state index < -0.39 is 0 Å². The molecule has 0 radical (unpaired) electrons. The molecule has 100 valence electrons. The average molecular weight is 393 g/mol. The number of benzene rings is 2. The lowest BCUT2D eigenvalue weighted by molar-refractivity contribution is 1.10. The molecule has 3 nitrogen and oxygen atoms in total. The van der Waals surface area contributed by atoms with Crippen LogP contribution in [0.2, 0.25) is 0 Å². The van der Waals surface area contributed by atoms with Crippen LogP contribution in [0.4, 0.5) is 5.82 Å². The van der Waals surface area contributed by atoms with E-state index in [-0.39, 0.29) is 0 Å². The number of aromatic nitrogens is 2. The lowest BCUT2D eigenvalue weighted by Crippen LogP contribution is -2.02. The summed E-state index contributed by atoms with van der Waals surface area (Å²) in [5.74, 6) is 0.834. The summed E-state index contributed by atoms with van der Waals surface area (Å²) in [6.45, 7) is 0.733. The largest absolute Gasteiger partial charge is 0.365 e. The van der Waals surface area contributed by atoms with E-state index in [0.29, 0.717) is 0 Å². The fourth-order valence-electron chi connectivity index (χ4n) is 2.01. The van der Waals surface area contributed by atoms with Gasteiger partial charge in [-0.15, -0.1) is 0 Å². The van der Waals surface area contributed by atoms with Gasteiger partial charge < -0.3 is 5.32 Å². The molecule has 0 saturated carbocycles. The molecular formula is C15H11Br2N3. The van der Waals surface area contributed by atoms with Gasteiger partial charge in [0.1, 0.15) is 12.1 Å². The highest BCUT2D eigenvalue weighted by atomic mass is 79.9. The van der Waals surface area contributed by atoms with Crippen LogP contribution in [-0.4, -0.2) is 9.97 Å². The van der Waals surface area contributed by atoms with Gasteiger partial charge in [0.25, 0.3) is 0 Å². The molecule has 0 bridgehead atoms. The predicted molar refractivity (Wildman–Crippen MR) is 88.7 cm³/mol. The molecule has 5 heteroatoms. The Labute approximate surface area is 133 Å². The highest BCUT2D eigenvalue weighted by Crippen LogP contribution is 2.30. The Morgan fingerprint density at radius 1 is 1.00 bits per heavy atom. The number of nitrogens with zero attached hydrogens (tertiary/aromatic N) is 2. The number of nitrogens with one attached hydrogen (secondary N) is 1. The van der Waals surface area contributed by atoms with Gasteiger partial charge in [-0.3, -0.25) is 0 Å². The second-order valence-electron chi connectivity index (χ2n) is 4.35. The second-order valence-corrected chi connectivity index (χ2v) is 6.12. The summed E-state index contributed by atoms with van der Waals surface area (Å²) in [5, 5.41) is 4.36. The molecule has 0 aliphatic heterocycles. The molecule has 0 atom stereocenters. The molecular weight excluding hydrogens is 382 g/mol. The van der Waals surface area contributed by atoms with Crippen LogP contribution in [0.1, 0.15) is 5.56 Å². The molecule has 1 N–H and O–H groups in total. The van der Waals surface area contributed by atoms with E-state index in [9.17, 15) is 0 Å². The third-order valence-electron chi connectivity index (χ3n) is 2.96. The summed E-state index contributed by atoms with van der Waals surface area (Å²) in [4.78, 5) is 8.66. The molecule has 3 aromatic rings. The first-order chi connectivity index (χ1) is 9.74. The quantitative estimate of drug-likeness (QED) is 0.697. The van der Waals surface area contributed by atoms with Crippen molar-refractivity contribution in [3.05, 3.63) is 63.3 Å². The van der Waals surface area contributed by atoms with E-state index >= 15 is 0 Å². The first kappa shape index (κ1) is 13.5. The summed E-state index contributed by atoms with van der Waals surface area (Å²) in [6.07, 6.45) is 1.58. The van der Waals surface area contributed by atoms with Crippen molar-refractivity contribution in [2.24, 2.45) is 0 Å². The Morgan fingerprint density at radius 3 is 2.60 bits per heavy atom. The highest BCUT2D eigenvalue weighted by Gasteiger charge is 2.07. The lowest BCUT2D eigenvalue weighted by atomic mass is 10.2. The third kappa shape index (κ3) is 2.83. The zero-order chi connectivity index (χ0) is 13.9. The minimum absolute atomic E-state index is 0.733. The van der Waals surface area contributed by atoms with Crippen LogP contribution in [0.5, 0.6) is 0 Å². The number of hydrogen-bond acceptors (Lipinski definition) is 3. The van der Waals surface area contributed by atoms with E-state index in [1.807, 2.05) is 30.3 Å². The number of halogens is 2. The van der Waals surface area contributed by atoms with Crippen LogP contribution in [-0.2, 0) is 6.54 Å². The van der Waals surface area contributed by atoms with Gasteiger partial charge in [0.2, 0.25) is 0 Å². The monoisotopic (exact) mass is 391 g/mol. The van der Waals surface area contributed by atoms with Gasteiger partial charge in [0.05, 0.1) is 5.52 Å². The zero-order valence-electron chi connectivity index (χ0n) is 10.5. The van der Waals surface area contributed by atoms with Gasteiger partial charge in [-0.05, 0) is 33.6 Å². The van der Waals surface area contributed by atoms with Crippen molar-refractivity contribution < 1.29 is 0 Å². The van der Waals surface area contributed by atoms with Crippen LogP contribution in [0, 0.1) is 0 Å². The summed E-state index contributed by atoms with van der Waals surface area (Å²) >= 11 is 7.03. The summed E-state index contributed by atoms with van der Waals surface area (Å²) in [5.41, 5.74) is 2.12. The number of hydrogen-bond donors (Lipinski definition) is 1.